The molecule has 8 nitrogen and oxygen atoms in total. The van der Waals surface area contributed by atoms with E-state index in [2.05, 4.69) is 32.3 Å². The molecule has 1 N–H and O–H groups in total. The number of piperidine rings is 1. The molecule has 0 aromatic carbocycles. The van der Waals surface area contributed by atoms with Crippen molar-refractivity contribution in [1.29, 1.82) is 0 Å². The highest BCUT2D eigenvalue weighted by Crippen LogP contribution is 2.32. The Hall–Kier alpha value is -2.51. The number of anilines is 1. The molecule has 9 heteroatoms. The summed E-state index contributed by atoms with van der Waals surface area (Å²) in [6.07, 6.45) is 2.81. The molecule has 0 unspecified atom stereocenters. The lowest BCUT2D eigenvalue weighted by atomic mass is 9.88. The monoisotopic (exact) mass is 419 g/mol. The third-order valence-corrected chi connectivity index (χ3v) is 4.94. The maximum absolute atomic E-state index is 12.5. The van der Waals surface area contributed by atoms with E-state index in [0.717, 1.165) is 5.69 Å². The molecule has 0 aliphatic carbocycles. The fourth-order valence-electron chi connectivity index (χ4n) is 3.70. The molecule has 1 aliphatic rings. The van der Waals surface area contributed by atoms with Gasteiger partial charge in [-0.25, -0.2) is 4.79 Å². The molecule has 2 rings (SSSR count). The Balaban J connectivity index is 2.34. The van der Waals surface area contributed by atoms with Gasteiger partial charge in [-0.3, -0.25) is 9.78 Å². The number of nitrogens with one attached hydrogen (secondary N) is 1. The summed E-state index contributed by atoms with van der Waals surface area (Å²) in [7, 11) is 1.76. The molecule has 0 bridgehead atoms. The van der Waals surface area contributed by atoms with Crippen LogP contribution in [0.5, 0.6) is 0 Å². The number of amides is 2. The van der Waals surface area contributed by atoms with Gasteiger partial charge in [0.2, 0.25) is 5.91 Å². The van der Waals surface area contributed by atoms with E-state index in [1.807, 2.05) is 26.8 Å². The number of isothiocyanates is 1. The molecule has 1 fully saturated rings. The van der Waals surface area contributed by atoms with E-state index in [1.165, 1.54) is 6.92 Å². The van der Waals surface area contributed by atoms with Crippen molar-refractivity contribution in [2.24, 2.45) is 10.9 Å². The maximum Gasteiger partial charge on any atom is 0.408 e. The number of hydrogen-bond acceptors (Lipinski definition) is 7. The van der Waals surface area contributed by atoms with Gasteiger partial charge in [-0.15, -0.1) is 0 Å². The molecular weight excluding hydrogens is 390 g/mol. The highest BCUT2D eigenvalue weighted by molar-refractivity contribution is 7.78. The van der Waals surface area contributed by atoms with Crippen LogP contribution in [0.1, 0.15) is 34.6 Å². The Bertz CT molecular complexity index is 804. The smallest absolute Gasteiger partial charge is 0.408 e. The zero-order valence-corrected chi connectivity index (χ0v) is 18.6. The number of carbonyl (C=O) groups excluding carboxylic acids is 2. The van der Waals surface area contributed by atoms with E-state index in [4.69, 9.17) is 17.0 Å². The number of likely N-dealkylation sites (N-methyl/N-ethyl adjacent to an activating group) is 1. The third kappa shape index (κ3) is 5.98. The number of thiocarbonyl (C=S) groups is 1. The quantitative estimate of drug-likeness (QED) is 0.596. The van der Waals surface area contributed by atoms with E-state index < -0.39 is 11.7 Å². The van der Waals surface area contributed by atoms with Crippen LogP contribution in [0, 0.1) is 5.92 Å². The first-order valence-electron chi connectivity index (χ1n) is 9.53. The summed E-state index contributed by atoms with van der Waals surface area (Å²) in [4.78, 5) is 36.6. The molecule has 29 heavy (non-hydrogen) atoms. The lowest BCUT2D eigenvalue weighted by Gasteiger charge is -2.47. The van der Waals surface area contributed by atoms with Crippen LogP contribution in [-0.2, 0) is 9.53 Å². The Morgan fingerprint density at radius 2 is 2.10 bits per heavy atom. The lowest BCUT2D eigenvalue weighted by Crippen LogP contribution is -2.64. The van der Waals surface area contributed by atoms with Crippen molar-refractivity contribution in [2.45, 2.75) is 52.3 Å². The van der Waals surface area contributed by atoms with Crippen molar-refractivity contribution in [3.63, 3.8) is 0 Å². The number of hydrogen-bond donors (Lipinski definition) is 1. The van der Waals surface area contributed by atoms with Gasteiger partial charge in [0.1, 0.15) is 11.3 Å². The molecule has 1 saturated heterocycles. The maximum atomic E-state index is 12.5. The zero-order chi connectivity index (χ0) is 21.8. The van der Waals surface area contributed by atoms with E-state index in [0.29, 0.717) is 18.8 Å². The van der Waals surface area contributed by atoms with Crippen molar-refractivity contribution in [2.75, 3.05) is 25.0 Å². The van der Waals surface area contributed by atoms with Crippen molar-refractivity contribution in [3.05, 3.63) is 18.5 Å². The molecular formula is C20H29N5O3S. The molecule has 2 amide bonds. The summed E-state index contributed by atoms with van der Waals surface area (Å²) in [5.74, 6) is 0.0243. The number of aromatic nitrogens is 1. The van der Waals surface area contributed by atoms with Crippen LogP contribution in [0.15, 0.2) is 23.5 Å². The predicted molar refractivity (Wildman–Crippen MR) is 116 cm³/mol. The second-order valence-electron chi connectivity index (χ2n) is 8.32. The first-order valence-corrected chi connectivity index (χ1v) is 9.94. The van der Waals surface area contributed by atoms with E-state index in [1.54, 1.807) is 24.3 Å². The topological polar surface area (TPSA) is 87.1 Å². The number of rotatable bonds is 4. The van der Waals surface area contributed by atoms with Gasteiger partial charge in [0.05, 0.1) is 29.1 Å². The Kier molecular flexibility index (Phi) is 7.32. The second-order valence-corrected chi connectivity index (χ2v) is 8.51. The molecule has 158 valence electrons. The number of aliphatic imine (C=N–C) groups is 1. The van der Waals surface area contributed by atoms with Crippen LogP contribution in [0.25, 0.3) is 0 Å². The van der Waals surface area contributed by atoms with Gasteiger partial charge < -0.3 is 19.9 Å². The molecule has 0 radical (unpaired) electrons. The minimum Gasteiger partial charge on any atom is -0.444 e. The lowest BCUT2D eigenvalue weighted by molar-refractivity contribution is -0.131. The van der Waals surface area contributed by atoms with Crippen molar-refractivity contribution in [1.82, 2.24) is 15.2 Å². The number of carbonyl (C=O) groups is 2. The van der Waals surface area contributed by atoms with Crippen molar-refractivity contribution in [3.8, 4) is 0 Å². The third-order valence-electron chi connectivity index (χ3n) is 4.85. The fraction of sp³-hybridized carbons (Fsp3) is 0.600. The number of nitrogens with zero attached hydrogens (tertiary/aromatic N) is 4. The van der Waals surface area contributed by atoms with Crippen LogP contribution in [-0.4, -0.2) is 64.9 Å². The van der Waals surface area contributed by atoms with E-state index >= 15 is 0 Å². The van der Waals surface area contributed by atoms with Gasteiger partial charge >= 0.3 is 6.09 Å². The van der Waals surface area contributed by atoms with Gasteiger partial charge in [0, 0.05) is 33.3 Å². The highest BCUT2D eigenvalue weighted by atomic mass is 32.1. The van der Waals surface area contributed by atoms with Crippen molar-refractivity contribution < 1.29 is 14.3 Å². The van der Waals surface area contributed by atoms with Gasteiger partial charge in [-0.1, -0.05) is 6.92 Å². The summed E-state index contributed by atoms with van der Waals surface area (Å²) in [6.45, 7) is 10.2. The standard InChI is InChI=1S/C20H29N5O3S/c1-13-10-25(17-7-8-21-9-15(17)22-12-29)11-16(18(13)24(6)14(2)26)23-19(27)28-20(3,4)5/h7-9,13,16,18H,10-11H2,1-6H3,(H,23,27)/t13-,16+,18-/m0/s1. The SMILES string of the molecule is CC(=O)N(C)[C@H]1[C@@H](C)CN(c2ccncc2N=C=S)C[C@H]1NC(=O)OC(C)(C)C. The Morgan fingerprint density at radius 1 is 1.41 bits per heavy atom. The second kappa shape index (κ2) is 9.33. The normalized spacial score (nSPS) is 21.7. The Morgan fingerprint density at radius 3 is 2.69 bits per heavy atom. The first-order chi connectivity index (χ1) is 13.5. The summed E-state index contributed by atoms with van der Waals surface area (Å²) in [5, 5.41) is 5.35. The van der Waals surface area contributed by atoms with Gasteiger partial charge in [-0.2, -0.15) is 4.99 Å². The summed E-state index contributed by atoms with van der Waals surface area (Å²) in [6, 6.07) is 1.35. The zero-order valence-electron chi connectivity index (χ0n) is 17.8. The molecule has 2 heterocycles. The van der Waals surface area contributed by atoms with Crippen molar-refractivity contribution >= 4 is 40.8 Å². The summed E-state index contributed by atoms with van der Waals surface area (Å²) >= 11 is 4.75. The molecule has 3 atom stereocenters. The highest BCUT2D eigenvalue weighted by Gasteiger charge is 2.40. The van der Waals surface area contributed by atoms with E-state index in [9.17, 15) is 9.59 Å². The summed E-state index contributed by atoms with van der Waals surface area (Å²) < 4.78 is 5.44. The molecule has 0 saturated carbocycles. The number of pyridine rings is 1. The van der Waals surface area contributed by atoms with Gasteiger partial charge in [-0.05, 0) is 45.0 Å². The van der Waals surface area contributed by atoms with Crippen LogP contribution in [0.2, 0.25) is 0 Å². The minimum absolute atomic E-state index is 0.0544. The first kappa shape index (κ1) is 22.8. The van der Waals surface area contributed by atoms with Crippen LogP contribution >= 0.6 is 12.2 Å². The van der Waals surface area contributed by atoms with Gasteiger partial charge in [0.15, 0.2) is 0 Å². The molecule has 0 spiro atoms. The molecule has 1 aliphatic heterocycles. The average Bonchev–Trinajstić information content (AvgIpc) is 2.60. The number of ether oxygens (including phenoxy) is 1. The van der Waals surface area contributed by atoms with Crippen LogP contribution < -0.4 is 10.2 Å². The van der Waals surface area contributed by atoms with Gasteiger partial charge in [0.25, 0.3) is 0 Å². The largest absolute Gasteiger partial charge is 0.444 e. The van der Waals surface area contributed by atoms with Crippen LogP contribution in [0.3, 0.4) is 0 Å². The van der Waals surface area contributed by atoms with Crippen LogP contribution in [0.4, 0.5) is 16.2 Å². The molecule has 1 aromatic rings. The van der Waals surface area contributed by atoms with E-state index in [-0.39, 0.29) is 23.9 Å². The minimum atomic E-state index is -0.613. The average molecular weight is 420 g/mol. The predicted octanol–water partition coefficient (Wildman–Crippen LogP) is 3.01. The molecule has 1 aromatic heterocycles. The number of alkyl carbamates (subject to hydrolysis) is 1. The fourth-order valence-corrected chi connectivity index (χ4v) is 3.80. The summed E-state index contributed by atoms with van der Waals surface area (Å²) in [5.41, 5.74) is 0.853. The Labute approximate surface area is 177 Å².